The van der Waals surface area contributed by atoms with Gasteiger partial charge in [-0.1, -0.05) is 33.1 Å². The minimum Gasteiger partial charge on any atom is -0.310 e. The van der Waals surface area contributed by atoms with Crippen LogP contribution in [0, 0.1) is 5.92 Å². The lowest BCUT2D eigenvalue weighted by molar-refractivity contribution is 0.231. The highest BCUT2D eigenvalue weighted by Gasteiger charge is 2.39. The van der Waals surface area contributed by atoms with Crippen molar-refractivity contribution in [2.45, 2.75) is 76.1 Å². The van der Waals surface area contributed by atoms with Crippen LogP contribution in [0.3, 0.4) is 0 Å². The van der Waals surface area contributed by atoms with Gasteiger partial charge in [-0.05, 0) is 31.6 Å². The molecule has 0 aromatic heterocycles. The van der Waals surface area contributed by atoms with Gasteiger partial charge in [0.1, 0.15) is 0 Å². The molecule has 0 aromatic rings. The van der Waals surface area contributed by atoms with E-state index in [1.165, 1.54) is 32.1 Å². The summed E-state index contributed by atoms with van der Waals surface area (Å²) in [4.78, 5) is 0. The molecule has 0 aromatic carbocycles. The summed E-state index contributed by atoms with van der Waals surface area (Å²) in [7, 11) is -1.29. The number of hydrogen-bond donors (Lipinski definition) is 1. The summed E-state index contributed by atoms with van der Waals surface area (Å²) in [6.07, 6.45) is 8.08. The minimum absolute atomic E-state index is 0.0986. The molecule has 20 heavy (non-hydrogen) atoms. The molecule has 0 aliphatic heterocycles. The molecule has 4 nitrogen and oxygen atoms in total. The van der Waals surface area contributed by atoms with Crippen molar-refractivity contribution in [1.29, 1.82) is 0 Å². The van der Waals surface area contributed by atoms with Crippen molar-refractivity contribution < 1.29 is 8.42 Å². The maximum absolute atomic E-state index is 12.3. The highest BCUT2D eigenvalue weighted by Crippen LogP contribution is 2.32. The van der Waals surface area contributed by atoms with E-state index in [1.54, 1.807) is 11.4 Å². The molecule has 0 heterocycles. The van der Waals surface area contributed by atoms with E-state index < -0.39 is 10.0 Å². The lowest BCUT2D eigenvalue weighted by Gasteiger charge is -2.34. The minimum atomic E-state index is -3.04. The molecule has 2 rings (SSSR count). The van der Waals surface area contributed by atoms with Gasteiger partial charge in [0.2, 0.25) is 10.0 Å². The summed E-state index contributed by atoms with van der Waals surface area (Å²) in [5.41, 5.74) is 0. The molecule has 2 aliphatic carbocycles. The van der Waals surface area contributed by atoms with Crippen LogP contribution in [-0.2, 0) is 10.0 Å². The Hall–Kier alpha value is -0.130. The topological polar surface area (TPSA) is 49.4 Å². The maximum Gasteiger partial charge on any atom is 0.216 e. The second-order valence-corrected chi connectivity index (χ2v) is 9.17. The Bertz CT molecular complexity index is 398. The molecular formula is C15H30N2O2S. The summed E-state index contributed by atoms with van der Waals surface area (Å²) >= 11 is 0. The van der Waals surface area contributed by atoms with Crippen LogP contribution < -0.4 is 5.32 Å². The molecular weight excluding hydrogens is 272 g/mol. The average molecular weight is 302 g/mol. The second-order valence-electron chi connectivity index (χ2n) is 6.85. The molecule has 0 amide bonds. The molecule has 0 radical (unpaired) electrons. The molecule has 2 aliphatic rings. The largest absolute Gasteiger partial charge is 0.310 e. The van der Waals surface area contributed by atoms with Crippen LogP contribution in [0.1, 0.15) is 58.8 Å². The Morgan fingerprint density at radius 2 is 1.70 bits per heavy atom. The van der Waals surface area contributed by atoms with Crippen molar-refractivity contribution in [1.82, 2.24) is 9.62 Å². The van der Waals surface area contributed by atoms with Gasteiger partial charge in [0.25, 0.3) is 0 Å². The first-order valence-corrected chi connectivity index (χ1v) is 9.62. The van der Waals surface area contributed by atoms with Crippen molar-refractivity contribution in [3.8, 4) is 0 Å². The zero-order chi connectivity index (χ0) is 14.8. The van der Waals surface area contributed by atoms with E-state index in [2.05, 4.69) is 19.2 Å². The fraction of sp³-hybridized carbons (Fsp3) is 1.00. The van der Waals surface area contributed by atoms with Crippen LogP contribution in [0.15, 0.2) is 0 Å². The molecule has 5 heteroatoms. The zero-order valence-corrected chi connectivity index (χ0v) is 14.0. The third kappa shape index (κ3) is 4.18. The van der Waals surface area contributed by atoms with Crippen molar-refractivity contribution in [2.24, 2.45) is 5.92 Å². The fourth-order valence-electron chi connectivity index (χ4n) is 3.30. The third-order valence-electron chi connectivity index (χ3n) is 4.60. The Balaban J connectivity index is 1.98. The van der Waals surface area contributed by atoms with E-state index in [0.717, 1.165) is 12.8 Å². The Morgan fingerprint density at radius 1 is 1.10 bits per heavy atom. The summed E-state index contributed by atoms with van der Waals surface area (Å²) in [6.45, 7) is 4.91. The van der Waals surface area contributed by atoms with E-state index in [9.17, 15) is 8.42 Å². The van der Waals surface area contributed by atoms with Crippen molar-refractivity contribution in [2.75, 3.05) is 13.6 Å². The first kappa shape index (κ1) is 16.2. The number of rotatable bonds is 7. The van der Waals surface area contributed by atoms with Crippen LogP contribution >= 0.6 is 0 Å². The highest BCUT2D eigenvalue weighted by molar-refractivity contribution is 7.90. The predicted molar refractivity (Wildman–Crippen MR) is 83.2 cm³/mol. The normalized spacial score (nSPS) is 23.4. The van der Waals surface area contributed by atoms with Crippen molar-refractivity contribution in [3.63, 3.8) is 0 Å². The van der Waals surface area contributed by atoms with Gasteiger partial charge in [0, 0.05) is 25.7 Å². The van der Waals surface area contributed by atoms with Crippen molar-refractivity contribution in [3.05, 3.63) is 0 Å². The van der Waals surface area contributed by atoms with Gasteiger partial charge in [-0.3, -0.25) is 0 Å². The van der Waals surface area contributed by atoms with Gasteiger partial charge in [0.15, 0.2) is 0 Å². The first-order chi connectivity index (χ1) is 9.41. The number of nitrogens with one attached hydrogen (secondary N) is 1. The molecule has 118 valence electrons. The van der Waals surface area contributed by atoms with Gasteiger partial charge in [-0.2, -0.15) is 0 Å². The van der Waals surface area contributed by atoms with E-state index in [-0.39, 0.29) is 5.25 Å². The quantitative estimate of drug-likeness (QED) is 0.785. The molecule has 0 spiro atoms. The Labute approximate surface area is 124 Å². The SMILES string of the molecule is CC(C)N[C@H](CN(C)S(=O)(=O)C1CC1)C1CCCCC1. The maximum atomic E-state index is 12.3. The molecule has 1 atom stereocenters. The van der Waals surface area contributed by atoms with E-state index in [0.29, 0.717) is 24.5 Å². The summed E-state index contributed by atoms with van der Waals surface area (Å²) in [5.74, 6) is 0.628. The van der Waals surface area contributed by atoms with Crippen LogP contribution in [0.25, 0.3) is 0 Å². The average Bonchev–Trinajstić information content (AvgIpc) is 3.23. The lowest BCUT2D eigenvalue weighted by atomic mass is 9.83. The third-order valence-corrected chi connectivity index (χ3v) is 6.93. The lowest BCUT2D eigenvalue weighted by Crippen LogP contribution is -2.49. The van der Waals surface area contributed by atoms with Crippen LogP contribution in [0.2, 0.25) is 0 Å². The second kappa shape index (κ2) is 6.75. The van der Waals surface area contributed by atoms with E-state index in [4.69, 9.17) is 0 Å². The van der Waals surface area contributed by atoms with Crippen LogP contribution in [-0.4, -0.2) is 43.6 Å². The van der Waals surface area contributed by atoms with Crippen LogP contribution in [0.5, 0.6) is 0 Å². The monoisotopic (exact) mass is 302 g/mol. The predicted octanol–water partition coefficient (Wildman–Crippen LogP) is 2.36. The number of likely N-dealkylation sites (N-methyl/N-ethyl adjacent to an activating group) is 1. The molecule has 0 bridgehead atoms. The standard InChI is InChI=1S/C15H30N2O2S/c1-12(2)16-15(13-7-5-4-6-8-13)11-17(3)20(18,19)14-9-10-14/h12-16H,4-11H2,1-3H3/t15-/m1/s1. The smallest absolute Gasteiger partial charge is 0.216 e. The number of nitrogens with zero attached hydrogens (tertiary/aromatic N) is 1. The summed E-state index contributed by atoms with van der Waals surface area (Å²) in [6, 6.07) is 0.702. The Kier molecular flexibility index (Phi) is 5.49. The van der Waals surface area contributed by atoms with E-state index >= 15 is 0 Å². The zero-order valence-electron chi connectivity index (χ0n) is 13.1. The summed E-state index contributed by atoms with van der Waals surface area (Å²) in [5, 5.41) is 3.51. The first-order valence-electron chi connectivity index (χ1n) is 8.12. The van der Waals surface area contributed by atoms with Gasteiger partial charge in [0.05, 0.1) is 5.25 Å². The van der Waals surface area contributed by atoms with Gasteiger partial charge >= 0.3 is 0 Å². The number of hydrogen-bond acceptors (Lipinski definition) is 3. The Morgan fingerprint density at radius 3 is 2.20 bits per heavy atom. The highest BCUT2D eigenvalue weighted by atomic mass is 32.2. The molecule has 0 unspecified atom stereocenters. The van der Waals surface area contributed by atoms with Crippen LogP contribution in [0.4, 0.5) is 0 Å². The fourth-order valence-corrected chi connectivity index (χ4v) is 4.91. The summed E-state index contributed by atoms with van der Waals surface area (Å²) < 4.78 is 26.2. The van der Waals surface area contributed by atoms with Crippen molar-refractivity contribution >= 4 is 10.0 Å². The molecule has 2 saturated carbocycles. The molecule has 0 saturated heterocycles. The molecule has 2 fully saturated rings. The number of sulfonamides is 1. The van der Waals surface area contributed by atoms with Gasteiger partial charge < -0.3 is 5.32 Å². The van der Waals surface area contributed by atoms with Gasteiger partial charge in [-0.15, -0.1) is 0 Å². The van der Waals surface area contributed by atoms with E-state index in [1.807, 2.05) is 0 Å². The van der Waals surface area contributed by atoms with Gasteiger partial charge in [-0.25, -0.2) is 12.7 Å². The molecule has 1 N–H and O–H groups in total.